The molecule has 0 saturated carbocycles. The van der Waals surface area contributed by atoms with E-state index in [1.54, 1.807) is 32.8 Å². The highest BCUT2D eigenvalue weighted by atomic mass is 16.5. The van der Waals surface area contributed by atoms with Crippen molar-refractivity contribution in [2.24, 2.45) is 0 Å². The molecule has 2 heterocycles. The van der Waals surface area contributed by atoms with Crippen molar-refractivity contribution in [1.82, 2.24) is 9.97 Å². The minimum Gasteiger partial charge on any atom is -0.497 e. The lowest BCUT2D eigenvalue weighted by molar-refractivity contribution is 0.0113. The lowest BCUT2D eigenvalue weighted by Gasteiger charge is -2.39. The first-order valence-electron chi connectivity index (χ1n) is 7.61. The van der Waals surface area contributed by atoms with Crippen LogP contribution in [-0.2, 0) is 5.60 Å². The summed E-state index contributed by atoms with van der Waals surface area (Å²) in [6, 6.07) is 5.56. The number of ether oxygens (including phenoxy) is 2. The Bertz CT molecular complexity index is 633. The summed E-state index contributed by atoms with van der Waals surface area (Å²) >= 11 is 0. The molecular formula is C17H21N3O3. The number of piperidine rings is 1. The first kappa shape index (κ1) is 15.6. The first-order valence-corrected chi connectivity index (χ1v) is 7.61. The Kier molecular flexibility index (Phi) is 4.34. The van der Waals surface area contributed by atoms with Crippen LogP contribution in [0.1, 0.15) is 18.4 Å². The van der Waals surface area contributed by atoms with Gasteiger partial charge in [0.1, 0.15) is 17.3 Å². The van der Waals surface area contributed by atoms with E-state index in [-0.39, 0.29) is 0 Å². The van der Waals surface area contributed by atoms with Gasteiger partial charge in [-0.05, 0) is 30.5 Å². The summed E-state index contributed by atoms with van der Waals surface area (Å²) < 4.78 is 10.6. The highest BCUT2D eigenvalue weighted by Gasteiger charge is 2.35. The second kappa shape index (κ2) is 6.42. The van der Waals surface area contributed by atoms with E-state index in [4.69, 9.17) is 9.47 Å². The Morgan fingerprint density at radius 1 is 1.04 bits per heavy atom. The number of rotatable bonds is 4. The fraction of sp³-hybridized carbons (Fsp3) is 0.412. The van der Waals surface area contributed by atoms with Crippen LogP contribution in [0.4, 0.5) is 5.82 Å². The quantitative estimate of drug-likeness (QED) is 0.930. The number of aliphatic hydroxyl groups is 1. The van der Waals surface area contributed by atoms with Crippen LogP contribution in [0, 0.1) is 0 Å². The average Bonchev–Trinajstić information content (AvgIpc) is 2.62. The summed E-state index contributed by atoms with van der Waals surface area (Å²) in [4.78, 5) is 10.6. The summed E-state index contributed by atoms with van der Waals surface area (Å²) in [6.07, 6.45) is 6.31. The monoisotopic (exact) mass is 315 g/mol. The average molecular weight is 315 g/mol. The minimum atomic E-state index is -0.888. The van der Waals surface area contributed by atoms with E-state index in [9.17, 15) is 5.11 Å². The Hall–Kier alpha value is -2.34. The fourth-order valence-corrected chi connectivity index (χ4v) is 2.93. The van der Waals surface area contributed by atoms with Crippen LogP contribution >= 0.6 is 0 Å². The molecular weight excluding hydrogens is 294 g/mol. The van der Waals surface area contributed by atoms with E-state index in [2.05, 4.69) is 14.9 Å². The van der Waals surface area contributed by atoms with Gasteiger partial charge in [-0.1, -0.05) is 0 Å². The second-order valence-electron chi connectivity index (χ2n) is 5.68. The van der Waals surface area contributed by atoms with Gasteiger partial charge >= 0.3 is 0 Å². The normalized spacial score (nSPS) is 16.9. The molecule has 0 spiro atoms. The predicted octanol–water partition coefficient (Wildman–Crippen LogP) is 1.98. The lowest BCUT2D eigenvalue weighted by atomic mass is 9.84. The summed E-state index contributed by atoms with van der Waals surface area (Å²) in [5, 5.41) is 11.1. The first-order chi connectivity index (χ1) is 11.1. The van der Waals surface area contributed by atoms with Gasteiger partial charge in [0, 0.05) is 31.5 Å². The third-order valence-corrected chi connectivity index (χ3v) is 4.35. The van der Waals surface area contributed by atoms with Gasteiger partial charge in [0.2, 0.25) is 0 Å². The molecule has 1 aliphatic heterocycles. The van der Waals surface area contributed by atoms with Gasteiger partial charge in [-0.25, -0.2) is 4.98 Å². The van der Waals surface area contributed by atoms with E-state index in [1.807, 2.05) is 18.2 Å². The van der Waals surface area contributed by atoms with Crippen LogP contribution in [0.3, 0.4) is 0 Å². The van der Waals surface area contributed by atoms with E-state index in [0.29, 0.717) is 37.4 Å². The predicted molar refractivity (Wildman–Crippen MR) is 86.9 cm³/mol. The van der Waals surface area contributed by atoms with Gasteiger partial charge in [-0.3, -0.25) is 4.98 Å². The molecule has 6 nitrogen and oxygen atoms in total. The van der Waals surface area contributed by atoms with Crippen molar-refractivity contribution in [3.63, 3.8) is 0 Å². The van der Waals surface area contributed by atoms with Crippen LogP contribution in [0.2, 0.25) is 0 Å². The Labute approximate surface area is 135 Å². The van der Waals surface area contributed by atoms with Gasteiger partial charge in [0.05, 0.1) is 26.0 Å². The van der Waals surface area contributed by atoms with Gasteiger partial charge in [0.15, 0.2) is 0 Å². The topological polar surface area (TPSA) is 67.7 Å². The Morgan fingerprint density at radius 3 is 2.22 bits per heavy atom. The van der Waals surface area contributed by atoms with Gasteiger partial charge in [-0.2, -0.15) is 0 Å². The molecule has 1 aliphatic rings. The molecule has 0 bridgehead atoms. The maximum atomic E-state index is 11.1. The lowest BCUT2D eigenvalue weighted by Crippen LogP contribution is -2.43. The molecule has 0 atom stereocenters. The standard InChI is InChI=1S/C17H21N3O3/c1-22-14-9-13(10-15(11-14)23-2)17(21)3-7-20(8-4-17)16-12-18-5-6-19-16/h5-6,9-12,21H,3-4,7-8H2,1-2H3. The number of methoxy groups -OCH3 is 2. The molecule has 1 N–H and O–H groups in total. The van der Waals surface area contributed by atoms with Crippen LogP contribution in [-0.4, -0.2) is 42.4 Å². The van der Waals surface area contributed by atoms with E-state index in [1.165, 1.54) is 0 Å². The molecule has 1 aromatic carbocycles. The Morgan fingerprint density at radius 2 is 1.70 bits per heavy atom. The van der Waals surface area contributed by atoms with Crippen LogP contribution in [0.25, 0.3) is 0 Å². The third-order valence-electron chi connectivity index (χ3n) is 4.35. The maximum Gasteiger partial charge on any atom is 0.147 e. The van der Waals surface area contributed by atoms with Crippen molar-refractivity contribution >= 4 is 5.82 Å². The van der Waals surface area contributed by atoms with Gasteiger partial charge in [-0.15, -0.1) is 0 Å². The molecule has 1 aromatic heterocycles. The maximum absolute atomic E-state index is 11.1. The van der Waals surface area contributed by atoms with Crippen molar-refractivity contribution in [2.45, 2.75) is 18.4 Å². The zero-order valence-corrected chi connectivity index (χ0v) is 13.4. The van der Waals surface area contributed by atoms with Gasteiger partial charge < -0.3 is 19.5 Å². The SMILES string of the molecule is COc1cc(OC)cc(C2(O)CCN(c3cnccn3)CC2)c1. The number of anilines is 1. The van der Waals surface area contributed by atoms with Crippen molar-refractivity contribution in [3.05, 3.63) is 42.4 Å². The molecule has 6 heteroatoms. The van der Waals surface area contributed by atoms with Crippen LogP contribution in [0.5, 0.6) is 11.5 Å². The molecule has 0 amide bonds. The third kappa shape index (κ3) is 3.22. The molecule has 2 aromatic rings. The fourth-order valence-electron chi connectivity index (χ4n) is 2.93. The number of nitrogens with zero attached hydrogens (tertiary/aromatic N) is 3. The highest BCUT2D eigenvalue weighted by Crippen LogP contribution is 2.37. The molecule has 0 unspecified atom stereocenters. The van der Waals surface area contributed by atoms with Crippen molar-refractivity contribution in [2.75, 3.05) is 32.2 Å². The zero-order chi connectivity index (χ0) is 16.3. The summed E-state index contributed by atoms with van der Waals surface area (Å²) in [5.74, 6) is 2.21. The van der Waals surface area contributed by atoms with Crippen LogP contribution < -0.4 is 14.4 Å². The van der Waals surface area contributed by atoms with E-state index >= 15 is 0 Å². The highest BCUT2D eigenvalue weighted by molar-refractivity contribution is 5.43. The van der Waals surface area contributed by atoms with E-state index in [0.717, 1.165) is 11.4 Å². The van der Waals surface area contributed by atoms with Crippen molar-refractivity contribution < 1.29 is 14.6 Å². The van der Waals surface area contributed by atoms with Crippen molar-refractivity contribution in [1.29, 1.82) is 0 Å². The van der Waals surface area contributed by atoms with E-state index < -0.39 is 5.60 Å². The smallest absolute Gasteiger partial charge is 0.147 e. The largest absolute Gasteiger partial charge is 0.497 e. The summed E-state index contributed by atoms with van der Waals surface area (Å²) in [6.45, 7) is 1.43. The molecule has 1 saturated heterocycles. The zero-order valence-electron chi connectivity index (χ0n) is 13.4. The molecule has 3 rings (SSSR count). The molecule has 0 aliphatic carbocycles. The minimum absolute atomic E-state index is 0.611. The molecule has 0 radical (unpaired) electrons. The molecule has 23 heavy (non-hydrogen) atoms. The molecule has 1 fully saturated rings. The number of hydrogen-bond acceptors (Lipinski definition) is 6. The molecule has 122 valence electrons. The summed E-state index contributed by atoms with van der Waals surface area (Å²) in [7, 11) is 3.22. The van der Waals surface area contributed by atoms with Crippen molar-refractivity contribution in [3.8, 4) is 11.5 Å². The van der Waals surface area contributed by atoms with Crippen LogP contribution in [0.15, 0.2) is 36.8 Å². The number of hydrogen-bond donors (Lipinski definition) is 1. The van der Waals surface area contributed by atoms with Gasteiger partial charge in [0.25, 0.3) is 0 Å². The second-order valence-corrected chi connectivity index (χ2v) is 5.68. The Balaban J connectivity index is 1.79. The number of benzene rings is 1. The number of aromatic nitrogens is 2. The summed E-state index contributed by atoms with van der Waals surface area (Å²) in [5.41, 5.74) is -0.0620.